The summed E-state index contributed by atoms with van der Waals surface area (Å²) in [6, 6.07) is 13.0. The van der Waals surface area contributed by atoms with Gasteiger partial charge in [0.2, 0.25) is 0 Å². The average Bonchev–Trinajstić information content (AvgIpc) is 3.21. The molecule has 1 aromatic carbocycles. The lowest BCUT2D eigenvalue weighted by Crippen LogP contribution is -2.11. The Balaban J connectivity index is 1.87. The first-order chi connectivity index (χ1) is 11.6. The van der Waals surface area contributed by atoms with Crippen LogP contribution in [0.15, 0.2) is 41.8 Å². The molecule has 1 N–H and O–H groups in total. The van der Waals surface area contributed by atoms with Gasteiger partial charge in [0.15, 0.2) is 5.82 Å². The minimum Gasteiger partial charge on any atom is -0.304 e. The standard InChI is InChI=1S/C18H16N4OS/c1-3-14-9-17(20-18(23)16-8-12(2)11-24-16)21-22(14)15-6-4-13(10-19)5-7-15/h4-9,11H,3H2,1-2H3,(H,20,21,23). The first kappa shape index (κ1) is 16.0. The molecule has 3 rings (SSSR count). The summed E-state index contributed by atoms with van der Waals surface area (Å²) >= 11 is 1.42. The molecular formula is C18H16N4OS. The number of nitrogens with zero attached hydrogens (tertiary/aromatic N) is 3. The zero-order valence-corrected chi connectivity index (χ0v) is 14.2. The molecule has 120 valence electrons. The van der Waals surface area contributed by atoms with E-state index in [4.69, 9.17) is 5.26 Å². The van der Waals surface area contributed by atoms with Crippen molar-refractivity contribution in [2.24, 2.45) is 0 Å². The molecule has 1 amide bonds. The largest absolute Gasteiger partial charge is 0.304 e. The Morgan fingerprint density at radius 3 is 2.67 bits per heavy atom. The maximum Gasteiger partial charge on any atom is 0.266 e. The number of carbonyl (C=O) groups is 1. The number of rotatable bonds is 4. The van der Waals surface area contributed by atoms with E-state index >= 15 is 0 Å². The monoisotopic (exact) mass is 336 g/mol. The summed E-state index contributed by atoms with van der Waals surface area (Å²) in [5.74, 6) is 0.368. The van der Waals surface area contributed by atoms with Gasteiger partial charge in [0.1, 0.15) is 0 Å². The lowest BCUT2D eigenvalue weighted by atomic mass is 10.2. The third-order valence-electron chi connectivity index (χ3n) is 3.58. The van der Waals surface area contributed by atoms with Crippen LogP contribution in [0.4, 0.5) is 5.82 Å². The van der Waals surface area contributed by atoms with E-state index in [-0.39, 0.29) is 5.91 Å². The first-order valence-electron chi connectivity index (χ1n) is 7.56. The lowest BCUT2D eigenvalue weighted by molar-refractivity contribution is 0.103. The van der Waals surface area contributed by atoms with Crippen molar-refractivity contribution in [1.29, 1.82) is 5.26 Å². The van der Waals surface area contributed by atoms with Crippen molar-refractivity contribution in [2.45, 2.75) is 20.3 Å². The highest BCUT2D eigenvalue weighted by Gasteiger charge is 2.13. The van der Waals surface area contributed by atoms with E-state index in [0.717, 1.165) is 23.4 Å². The van der Waals surface area contributed by atoms with Gasteiger partial charge in [0.25, 0.3) is 5.91 Å². The third-order valence-corrected chi connectivity index (χ3v) is 4.63. The highest BCUT2D eigenvalue weighted by Crippen LogP contribution is 2.19. The number of carbonyl (C=O) groups excluding carboxylic acids is 1. The molecule has 5 nitrogen and oxygen atoms in total. The fourth-order valence-corrected chi connectivity index (χ4v) is 3.15. The molecule has 0 radical (unpaired) electrons. The molecule has 0 bridgehead atoms. The molecule has 0 spiro atoms. The number of nitriles is 1. The quantitative estimate of drug-likeness (QED) is 0.785. The number of aromatic nitrogens is 2. The van der Waals surface area contributed by atoms with E-state index < -0.39 is 0 Å². The summed E-state index contributed by atoms with van der Waals surface area (Å²) < 4.78 is 1.79. The van der Waals surface area contributed by atoms with Crippen molar-refractivity contribution in [1.82, 2.24) is 9.78 Å². The molecule has 24 heavy (non-hydrogen) atoms. The van der Waals surface area contributed by atoms with Gasteiger partial charge in [-0.3, -0.25) is 4.79 Å². The highest BCUT2D eigenvalue weighted by atomic mass is 32.1. The predicted molar refractivity (Wildman–Crippen MR) is 94.7 cm³/mol. The fraction of sp³-hybridized carbons (Fsp3) is 0.167. The van der Waals surface area contributed by atoms with Gasteiger partial charge in [-0.2, -0.15) is 5.26 Å². The number of thiophene rings is 1. The third kappa shape index (κ3) is 3.21. The van der Waals surface area contributed by atoms with Crippen LogP contribution in [0.2, 0.25) is 0 Å². The van der Waals surface area contributed by atoms with E-state index in [1.807, 2.05) is 43.5 Å². The topological polar surface area (TPSA) is 70.7 Å². The number of hydrogen-bond acceptors (Lipinski definition) is 4. The van der Waals surface area contributed by atoms with Crippen molar-refractivity contribution in [2.75, 3.05) is 5.32 Å². The number of amides is 1. The summed E-state index contributed by atoms with van der Waals surface area (Å²) in [5, 5.41) is 18.2. The fourth-order valence-electron chi connectivity index (χ4n) is 2.36. The van der Waals surface area contributed by atoms with E-state index in [0.29, 0.717) is 16.3 Å². The molecule has 0 saturated carbocycles. The van der Waals surface area contributed by atoms with Crippen molar-refractivity contribution in [3.8, 4) is 11.8 Å². The number of hydrogen-bond donors (Lipinski definition) is 1. The van der Waals surface area contributed by atoms with Gasteiger partial charge in [0.05, 0.1) is 22.2 Å². The van der Waals surface area contributed by atoms with Crippen LogP contribution in [0.1, 0.15) is 33.4 Å². The Morgan fingerprint density at radius 1 is 1.33 bits per heavy atom. The number of aryl methyl sites for hydroxylation is 2. The van der Waals surface area contributed by atoms with Gasteiger partial charge in [-0.15, -0.1) is 16.4 Å². The van der Waals surface area contributed by atoms with Crippen LogP contribution in [0, 0.1) is 18.3 Å². The van der Waals surface area contributed by atoms with E-state index in [1.54, 1.807) is 16.8 Å². The van der Waals surface area contributed by atoms with Crippen LogP contribution < -0.4 is 5.32 Å². The van der Waals surface area contributed by atoms with Crippen LogP contribution in [0.25, 0.3) is 5.69 Å². The number of benzene rings is 1. The summed E-state index contributed by atoms with van der Waals surface area (Å²) in [4.78, 5) is 12.9. The average molecular weight is 336 g/mol. The Labute approximate surface area is 144 Å². The van der Waals surface area contributed by atoms with Gasteiger partial charge in [0, 0.05) is 11.8 Å². The minimum atomic E-state index is -0.153. The van der Waals surface area contributed by atoms with Crippen LogP contribution in [-0.2, 0) is 6.42 Å². The van der Waals surface area contributed by atoms with Crippen LogP contribution in [0.3, 0.4) is 0 Å². The van der Waals surface area contributed by atoms with Gasteiger partial charge >= 0.3 is 0 Å². The zero-order chi connectivity index (χ0) is 17.1. The molecule has 2 aromatic heterocycles. The molecule has 6 heteroatoms. The van der Waals surface area contributed by atoms with Crippen molar-refractivity contribution in [3.63, 3.8) is 0 Å². The summed E-state index contributed by atoms with van der Waals surface area (Å²) in [7, 11) is 0. The molecular weight excluding hydrogens is 320 g/mol. The Kier molecular flexibility index (Phi) is 4.45. The van der Waals surface area contributed by atoms with Gasteiger partial charge in [-0.05, 0) is 54.6 Å². The molecule has 0 fully saturated rings. The lowest BCUT2D eigenvalue weighted by Gasteiger charge is -2.05. The van der Waals surface area contributed by atoms with Crippen LogP contribution in [-0.4, -0.2) is 15.7 Å². The molecule has 0 atom stereocenters. The van der Waals surface area contributed by atoms with E-state index in [1.165, 1.54) is 11.3 Å². The molecule has 0 unspecified atom stereocenters. The molecule has 0 aliphatic carbocycles. The van der Waals surface area contributed by atoms with E-state index in [2.05, 4.69) is 16.5 Å². The maximum atomic E-state index is 12.3. The number of nitrogens with one attached hydrogen (secondary N) is 1. The Morgan fingerprint density at radius 2 is 2.08 bits per heavy atom. The molecule has 0 saturated heterocycles. The SMILES string of the molecule is CCc1cc(NC(=O)c2cc(C)cs2)nn1-c1ccc(C#N)cc1. The molecule has 0 aliphatic heterocycles. The highest BCUT2D eigenvalue weighted by molar-refractivity contribution is 7.12. The summed E-state index contributed by atoms with van der Waals surface area (Å²) in [6.45, 7) is 3.99. The minimum absolute atomic E-state index is 0.153. The number of anilines is 1. The van der Waals surface area contributed by atoms with Crippen molar-refractivity contribution in [3.05, 3.63) is 63.5 Å². The predicted octanol–water partition coefficient (Wildman–Crippen LogP) is 3.93. The van der Waals surface area contributed by atoms with Gasteiger partial charge in [-0.25, -0.2) is 4.68 Å². The van der Waals surface area contributed by atoms with Crippen molar-refractivity contribution >= 4 is 23.1 Å². The second-order valence-corrected chi connectivity index (χ2v) is 6.30. The Bertz CT molecular complexity index is 915. The first-order valence-corrected chi connectivity index (χ1v) is 8.44. The second-order valence-electron chi connectivity index (χ2n) is 5.39. The second kappa shape index (κ2) is 6.69. The maximum absolute atomic E-state index is 12.3. The van der Waals surface area contributed by atoms with Crippen molar-refractivity contribution < 1.29 is 4.79 Å². The zero-order valence-electron chi connectivity index (χ0n) is 13.4. The summed E-state index contributed by atoms with van der Waals surface area (Å²) in [5.41, 5.74) is 3.52. The molecule has 2 heterocycles. The normalized spacial score (nSPS) is 10.4. The molecule has 0 aliphatic rings. The smallest absolute Gasteiger partial charge is 0.266 e. The summed E-state index contributed by atoms with van der Waals surface area (Å²) in [6.07, 6.45) is 0.779. The Hall–Kier alpha value is -2.91. The van der Waals surface area contributed by atoms with Gasteiger partial charge in [-0.1, -0.05) is 6.92 Å². The molecule has 3 aromatic rings. The van der Waals surface area contributed by atoms with Gasteiger partial charge < -0.3 is 5.32 Å². The van der Waals surface area contributed by atoms with Crippen LogP contribution >= 0.6 is 11.3 Å². The van der Waals surface area contributed by atoms with Crippen LogP contribution in [0.5, 0.6) is 0 Å². The van der Waals surface area contributed by atoms with E-state index in [9.17, 15) is 4.79 Å².